The van der Waals surface area contributed by atoms with Crippen LogP contribution in [0.1, 0.15) is 30.9 Å². The van der Waals surface area contributed by atoms with E-state index < -0.39 is 6.04 Å². The number of benzene rings is 1. The van der Waals surface area contributed by atoms with Crippen LogP contribution in [0.15, 0.2) is 18.2 Å². The summed E-state index contributed by atoms with van der Waals surface area (Å²) in [6.07, 6.45) is 1.64. The Balaban J connectivity index is 2.66. The molecule has 1 atom stereocenters. The van der Waals surface area contributed by atoms with Crippen molar-refractivity contribution in [2.24, 2.45) is 5.73 Å². The van der Waals surface area contributed by atoms with Crippen LogP contribution in [0.4, 0.5) is 5.69 Å². The molecule has 0 aliphatic rings. The molecule has 88 valence electrons. The summed E-state index contributed by atoms with van der Waals surface area (Å²) in [5.74, 6) is -0.106. The minimum absolute atomic E-state index is 0.106. The number of hydrogen-bond acceptors (Lipinski definition) is 2. The maximum absolute atomic E-state index is 11.7. The number of amides is 1. The first kappa shape index (κ1) is 12.7. The highest BCUT2D eigenvalue weighted by Gasteiger charge is 2.12. The highest BCUT2D eigenvalue weighted by molar-refractivity contribution is 5.94. The van der Waals surface area contributed by atoms with Crippen molar-refractivity contribution in [2.45, 2.75) is 39.7 Å². The van der Waals surface area contributed by atoms with E-state index in [1.807, 2.05) is 39.0 Å². The quantitative estimate of drug-likeness (QED) is 0.818. The molecule has 0 fully saturated rings. The Labute approximate surface area is 97.0 Å². The predicted molar refractivity (Wildman–Crippen MR) is 67.4 cm³/mol. The molecule has 0 unspecified atom stereocenters. The van der Waals surface area contributed by atoms with Gasteiger partial charge in [-0.15, -0.1) is 0 Å². The van der Waals surface area contributed by atoms with Gasteiger partial charge >= 0.3 is 0 Å². The molecule has 3 heteroatoms. The van der Waals surface area contributed by atoms with Gasteiger partial charge in [-0.2, -0.15) is 0 Å². The van der Waals surface area contributed by atoms with Crippen LogP contribution in [0.3, 0.4) is 0 Å². The normalized spacial score (nSPS) is 12.2. The molecule has 3 nitrogen and oxygen atoms in total. The van der Waals surface area contributed by atoms with Gasteiger partial charge in [0.15, 0.2) is 0 Å². The monoisotopic (exact) mass is 220 g/mol. The van der Waals surface area contributed by atoms with E-state index in [1.54, 1.807) is 0 Å². The Morgan fingerprint density at radius 2 is 2.06 bits per heavy atom. The first-order chi connectivity index (χ1) is 7.54. The van der Waals surface area contributed by atoms with Crippen LogP contribution >= 0.6 is 0 Å². The van der Waals surface area contributed by atoms with Crippen molar-refractivity contribution in [1.29, 1.82) is 0 Å². The summed E-state index contributed by atoms with van der Waals surface area (Å²) in [6, 6.07) is 5.45. The fourth-order valence-corrected chi connectivity index (χ4v) is 1.50. The lowest BCUT2D eigenvalue weighted by molar-refractivity contribution is -0.117. The van der Waals surface area contributed by atoms with E-state index in [-0.39, 0.29) is 5.91 Å². The van der Waals surface area contributed by atoms with E-state index in [1.165, 1.54) is 11.1 Å². The lowest BCUT2D eigenvalue weighted by atomic mass is 10.1. The smallest absolute Gasteiger partial charge is 0.241 e. The Morgan fingerprint density at radius 1 is 1.38 bits per heavy atom. The predicted octanol–water partition coefficient (Wildman–Crippen LogP) is 2.37. The van der Waals surface area contributed by atoms with Crippen LogP contribution in [0.5, 0.6) is 0 Å². The molecule has 0 spiro atoms. The zero-order valence-corrected chi connectivity index (χ0v) is 10.2. The van der Waals surface area contributed by atoms with Crippen molar-refractivity contribution in [1.82, 2.24) is 0 Å². The van der Waals surface area contributed by atoms with Crippen molar-refractivity contribution in [3.8, 4) is 0 Å². The highest BCUT2D eigenvalue weighted by Crippen LogP contribution is 2.14. The molecule has 0 aliphatic carbocycles. The van der Waals surface area contributed by atoms with Gasteiger partial charge in [0.05, 0.1) is 6.04 Å². The molecule has 1 aromatic carbocycles. The van der Waals surface area contributed by atoms with Crippen LogP contribution < -0.4 is 11.1 Å². The largest absolute Gasteiger partial charge is 0.325 e. The third kappa shape index (κ3) is 3.35. The van der Waals surface area contributed by atoms with E-state index in [0.717, 1.165) is 18.5 Å². The number of hydrogen-bond donors (Lipinski definition) is 2. The van der Waals surface area contributed by atoms with Gasteiger partial charge in [0.2, 0.25) is 5.91 Å². The number of aryl methyl sites for hydroxylation is 2. The highest BCUT2D eigenvalue weighted by atomic mass is 16.2. The third-order valence-electron chi connectivity index (χ3n) is 2.71. The summed E-state index contributed by atoms with van der Waals surface area (Å²) in [5, 5.41) is 2.83. The summed E-state index contributed by atoms with van der Waals surface area (Å²) in [6.45, 7) is 6.09. The molecule has 0 aliphatic heterocycles. The second-order valence-corrected chi connectivity index (χ2v) is 4.18. The van der Waals surface area contributed by atoms with Gasteiger partial charge in [-0.25, -0.2) is 0 Å². The maximum atomic E-state index is 11.7. The topological polar surface area (TPSA) is 55.1 Å². The number of nitrogens with two attached hydrogens (primary N) is 1. The van der Waals surface area contributed by atoms with Gasteiger partial charge in [-0.3, -0.25) is 4.79 Å². The second-order valence-electron chi connectivity index (χ2n) is 4.18. The first-order valence-corrected chi connectivity index (χ1v) is 5.68. The van der Waals surface area contributed by atoms with Gasteiger partial charge in [0.1, 0.15) is 0 Å². The minimum Gasteiger partial charge on any atom is -0.325 e. The van der Waals surface area contributed by atoms with Crippen molar-refractivity contribution in [3.05, 3.63) is 29.3 Å². The Kier molecular flexibility index (Phi) is 4.50. The third-order valence-corrected chi connectivity index (χ3v) is 2.71. The standard InChI is InChI=1S/C13H20N2O/c1-4-5-12(14)13(16)15-11-7-6-9(2)10(3)8-11/h6-8,12H,4-5,14H2,1-3H3,(H,15,16)/t12-/m1/s1. The Morgan fingerprint density at radius 3 is 2.62 bits per heavy atom. The second kappa shape index (κ2) is 5.66. The maximum Gasteiger partial charge on any atom is 0.241 e. The summed E-state index contributed by atoms with van der Waals surface area (Å²) in [5.41, 5.74) is 8.94. The Bertz CT molecular complexity index is 374. The molecule has 1 rings (SSSR count). The summed E-state index contributed by atoms with van der Waals surface area (Å²) in [7, 11) is 0. The fraction of sp³-hybridized carbons (Fsp3) is 0.462. The van der Waals surface area contributed by atoms with Gasteiger partial charge in [-0.05, 0) is 43.5 Å². The number of carbonyl (C=O) groups excluding carboxylic acids is 1. The molecule has 0 saturated carbocycles. The molecule has 0 saturated heterocycles. The average Bonchev–Trinajstić information content (AvgIpc) is 2.24. The molecular formula is C13H20N2O. The number of carbonyl (C=O) groups is 1. The number of rotatable bonds is 4. The van der Waals surface area contributed by atoms with Gasteiger partial charge in [-0.1, -0.05) is 19.4 Å². The van der Waals surface area contributed by atoms with Gasteiger partial charge in [0.25, 0.3) is 0 Å². The first-order valence-electron chi connectivity index (χ1n) is 5.68. The van der Waals surface area contributed by atoms with E-state index in [9.17, 15) is 4.79 Å². The molecule has 0 bridgehead atoms. The Hall–Kier alpha value is -1.35. The molecular weight excluding hydrogens is 200 g/mol. The molecule has 3 N–H and O–H groups in total. The van der Waals surface area contributed by atoms with Crippen LogP contribution in [-0.4, -0.2) is 11.9 Å². The van der Waals surface area contributed by atoms with E-state index in [4.69, 9.17) is 5.73 Å². The summed E-state index contributed by atoms with van der Waals surface area (Å²) >= 11 is 0. The van der Waals surface area contributed by atoms with Gasteiger partial charge in [0, 0.05) is 5.69 Å². The summed E-state index contributed by atoms with van der Waals surface area (Å²) in [4.78, 5) is 11.7. The van der Waals surface area contributed by atoms with Crippen molar-refractivity contribution >= 4 is 11.6 Å². The SMILES string of the molecule is CCC[C@@H](N)C(=O)Nc1ccc(C)c(C)c1. The fourth-order valence-electron chi connectivity index (χ4n) is 1.50. The molecule has 1 aromatic rings. The van der Waals surface area contributed by atoms with Crippen LogP contribution in [0, 0.1) is 13.8 Å². The number of nitrogens with one attached hydrogen (secondary N) is 1. The van der Waals surface area contributed by atoms with Crippen molar-refractivity contribution in [3.63, 3.8) is 0 Å². The minimum atomic E-state index is -0.411. The molecule has 1 amide bonds. The van der Waals surface area contributed by atoms with Gasteiger partial charge < -0.3 is 11.1 Å². The van der Waals surface area contributed by atoms with Crippen molar-refractivity contribution < 1.29 is 4.79 Å². The van der Waals surface area contributed by atoms with Crippen LogP contribution in [0.25, 0.3) is 0 Å². The molecule has 0 radical (unpaired) electrons. The van der Waals surface area contributed by atoms with Crippen LogP contribution in [-0.2, 0) is 4.79 Å². The average molecular weight is 220 g/mol. The zero-order valence-electron chi connectivity index (χ0n) is 10.2. The molecule has 0 aromatic heterocycles. The van der Waals surface area contributed by atoms with E-state index in [2.05, 4.69) is 5.32 Å². The zero-order chi connectivity index (χ0) is 12.1. The summed E-state index contributed by atoms with van der Waals surface area (Å²) < 4.78 is 0. The van der Waals surface area contributed by atoms with E-state index >= 15 is 0 Å². The molecule has 0 heterocycles. The lowest BCUT2D eigenvalue weighted by Gasteiger charge is -2.12. The molecule has 16 heavy (non-hydrogen) atoms. The number of anilines is 1. The lowest BCUT2D eigenvalue weighted by Crippen LogP contribution is -2.35. The van der Waals surface area contributed by atoms with E-state index in [0.29, 0.717) is 0 Å². The van der Waals surface area contributed by atoms with Crippen molar-refractivity contribution in [2.75, 3.05) is 5.32 Å². The van der Waals surface area contributed by atoms with Crippen LogP contribution in [0.2, 0.25) is 0 Å².